The van der Waals surface area contributed by atoms with Gasteiger partial charge in [0.2, 0.25) is 5.78 Å². The zero-order valence-electron chi connectivity index (χ0n) is 18.1. The average molecular weight is 459 g/mol. The summed E-state index contributed by atoms with van der Waals surface area (Å²) in [6, 6.07) is 1.57. The number of nitrogens with zero attached hydrogens (tertiary/aromatic N) is 1. The molecule has 1 amide bonds. The maximum atomic E-state index is 13.7. The van der Waals surface area contributed by atoms with Crippen molar-refractivity contribution in [2.75, 3.05) is 19.8 Å². The highest BCUT2D eigenvalue weighted by molar-refractivity contribution is 6.24. The lowest BCUT2D eigenvalue weighted by atomic mass is 9.54. The first kappa shape index (κ1) is 22.8. The summed E-state index contributed by atoms with van der Waals surface area (Å²) >= 11 is 0. The van der Waals surface area contributed by atoms with Crippen LogP contribution >= 0.6 is 0 Å². The number of likely N-dealkylation sites (N-methyl/N-ethyl adjacent to an activating group) is 1. The van der Waals surface area contributed by atoms with E-state index in [1.54, 1.807) is 6.92 Å². The van der Waals surface area contributed by atoms with Crippen molar-refractivity contribution in [3.05, 3.63) is 40.2 Å². The number of primary amides is 1. The van der Waals surface area contributed by atoms with Gasteiger partial charge in [-0.3, -0.25) is 19.3 Å². The molecule has 11 heteroatoms. The number of nitrogen functional groups attached to an aromatic ring is 1. The van der Waals surface area contributed by atoms with Crippen LogP contribution in [0.2, 0.25) is 0 Å². The first-order chi connectivity index (χ1) is 15.3. The highest BCUT2D eigenvalue weighted by atomic mass is 16.4. The van der Waals surface area contributed by atoms with Gasteiger partial charge in [-0.25, -0.2) is 0 Å². The molecular formula is C22H25N3O8. The summed E-state index contributed by atoms with van der Waals surface area (Å²) in [4.78, 5) is 40.0. The molecule has 1 aromatic rings. The second kappa shape index (κ2) is 7.04. The maximum Gasteiger partial charge on any atom is 0.255 e. The molecule has 0 saturated heterocycles. The first-order valence-electron chi connectivity index (χ1n) is 10.2. The van der Waals surface area contributed by atoms with E-state index in [2.05, 4.69) is 0 Å². The lowest BCUT2D eigenvalue weighted by Gasteiger charge is -2.53. The van der Waals surface area contributed by atoms with Crippen molar-refractivity contribution in [3.8, 4) is 5.75 Å². The highest BCUT2D eigenvalue weighted by Gasteiger charge is 2.68. The number of aliphatic hydroxyl groups excluding tert-OH is 3. The van der Waals surface area contributed by atoms with Crippen LogP contribution in [0.5, 0.6) is 5.75 Å². The molecule has 1 aromatic carbocycles. The number of fused-ring (bicyclic) bond motifs is 3. The molecule has 0 aromatic heterocycles. The van der Waals surface area contributed by atoms with Crippen LogP contribution in [-0.2, 0) is 14.4 Å². The van der Waals surface area contributed by atoms with E-state index in [0.29, 0.717) is 5.56 Å². The molecule has 176 valence electrons. The van der Waals surface area contributed by atoms with Crippen LogP contribution in [0.15, 0.2) is 29.0 Å². The van der Waals surface area contributed by atoms with Crippen LogP contribution in [0.1, 0.15) is 24.0 Å². The Hall–Kier alpha value is -3.41. The summed E-state index contributed by atoms with van der Waals surface area (Å²) in [5.74, 6) is -9.34. The smallest absolute Gasteiger partial charge is 0.255 e. The number of ketones is 2. The van der Waals surface area contributed by atoms with Gasteiger partial charge in [-0.15, -0.1) is 0 Å². The lowest BCUT2D eigenvalue weighted by Crippen LogP contribution is -2.70. The van der Waals surface area contributed by atoms with Gasteiger partial charge in [0, 0.05) is 11.5 Å². The molecule has 0 bridgehead atoms. The number of rotatable bonds is 2. The van der Waals surface area contributed by atoms with Gasteiger partial charge in [-0.05, 0) is 31.6 Å². The van der Waals surface area contributed by atoms with E-state index in [4.69, 9.17) is 11.5 Å². The standard InChI is InChI=1S/C22H25N3O8/c1-6-7-4-5-8(23)15(26)10(7)16(27)11-9(6)17(28)13-14(25(2)3)18(29)12(21(24)32)20(31)22(13,33)19(11)30/h4-6,9,13-14,17,26-28,31,33H,23H2,1-3H3,(H2,24,32)/t6-,9+,13+,14-,17-,22-/m0/s1. The first-order valence-corrected chi connectivity index (χ1v) is 10.2. The van der Waals surface area contributed by atoms with Crippen molar-refractivity contribution >= 4 is 28.9 Å². The maximum absolute atomic E-state index is 13.7. The molecule has 0 aliphatic heterocycles. The highest BCUT2D eigenvalue weighted by Crippen LogP contribution is 2.56. The molecule has 9 N–H and O–H groups in total. The van der Waals surface area contributed by atoms with Gasteiger partial charge >= 0.3 is 0 Å². The van der Waals surface area contributed by atoms with Crippen molar-refractivity contribution in [2.45, 2.75) is 30.6 Å². The normalized spacial score (nSPS) is 33.7. The molecule has 33 heavy (non-hydrogen) atoms. The molecule has 0 radical (unpaired) electrons. The zero-order valence-corrected chi connectivity index (χ0v) is 18.1. The Morgan fingerprint density at radius 2 is 1.76 bits per heavy atom. The predicted octanol–water partition coefficient (Wildman–Crippen LogP) is -0.922. The van der Waals surface area contributed by atoms with Crippen LogP contribution in [-0.4, -0.2) is 79.7 Å². The largest absolute Gasteiger partial charge is 0.508 e. The fourth-order valence-corrected chi connectivity index (χ4v) is 5.63. The van der Waals surface area contributed by atoms with Crippen molar-refractivity contribution in [1.82, 2.24) is 4.90 Å². The van der Waals surface area contributed by atoms with E-state index in [1.807, 2.05) is 0 Å². The van der Waals surface area contributed by atoms with Gasteiger partial charge in [0.05, 0.1) is 29.3 Å². The number of aromatic hydroxyl groups is 1. The molecule has 0 spiro atoms. The predicted molar refractivity (Wildman–Crippen MR) is 115 cm³/mol. The monoisotopic (exact) mass is 459 g/mol. The van der Waals surface area contributed by atoms with Gasteiger partial charge in [0.1, 0.15) is 22.8 Å². The topological polar surface area (TPSA) is 208 Å². The Bertz CT molecular complexity index is 1190. The molecule has 3 aliphatic rings. The molecule has 4 rings (SSSR count). The van der Waals surface area contributed by atoms with Gasteiger partial charge in [0.15, 0.2) is 11.4 Å². The number of carbonyl (C=O) groups is 3. The summed E-state index contributed by atoms with van der Waals surface area (Å²) < 4.78 is 0. The molecular weight excluding hydrogens is 434 g/mol. The van der Waals surface area contributed by atoms with Crippen LogP contribution in [0, 0.1) is 11.8 Å². The SMILES string of the molecule is C[C@H]1c2ccc(N)c(O)c2C(O)=C2C(=O)[C@]3(O)C(O)=C(C(N)=O)C(=O)[C@@H](N(C)C)[C@@H]3[C@@H](O)[C@@H]21. The van der Waals surface area contributed by atoms with Gasteiger partial charge in [0.25, 0.3) is 5.91 Å². The summed E-state index contributed by atoms with van der Waals surface area (Å²) in [5, 5.41) is 55.2. The summed E-state index contributed by atoms with van der Waals surface area (Å²) in [7, 11) is 2.90. The zero-order chi connectivity index (χ0) is 24.7. The third kappa shape index (κ3) is 2.63. The van der Waals surface area contributed by atoms with E-state index < -0.39 is 81.4 Å². The quantitative estimate of drug-likeness (QED) is 0.164. The van der Waals surface area contributed by atoms with Gasteiger partial charge < -0.3 is 37.0 Å². The number of anilines is 1. The number of benzene rings is 1. The molecule has 3 aliphatic carbocycles. The second-order valence-electron chi connectivity index (χ2n) is 9.02. The number of nitrogens with two attached hydrogens (primary N) is 2. The van der Waals surface area contributed by atoms with E-state index in [-0.39, 0.29) is 11.3 Å². The van der Waals surface area contributed by atoms with E-state index >= 15 is 0 Å². The van der Waals surface area contributed by atoms with Crippen molar-refractivity contribution in [2.24, 2.45) is 17.6 Å². The number of carbonyl (C=O) groups excluding carboxylic acids is 3. The second-order valence-corrected chi connectivity index (χ2v) is 9.02. The molecule has 11 nitrogen and oxygen atoms in total. The fourth-order valence-electron chi connectivity index (χ4n) is 5.63. The van der Waals surface area contributed by atoms with Gasteiger partial charge in [-0.2, -0.15) is 0 Å². The van der Waals surface area contributed by atoms with Crippen molar-refractivity contribution in [1.29, 1.82) is 0 Å². The van der Waals surface area contributed by atoms with Crippen LogP contribution < -0.4 is 11.5 Å². The molecule has 0 unspecified atom stereocenters. The third-order valence-electron chi connectivity index (χ3n) is 7.16. The number of hydrogen-bond acceptors (Lipinski definition) is 10. The Morgan fingerprint density at radius 3 is 2.30 bits per heavy atom. The minimum Gasteiger partial charge on any atom is -0.508 e. The van der Waals surface area contributed by atoms with Crippen molar-refractivity contribution in [3.63, 3.8) is 0 Å². The van der Waals surface area contributed by atoms with Crippen LogP contribution in [0.25, 0.3) is 5.76 Å². The number of Topliss-reactive ketones (excluding diaryl/α,β-unsaturated/α-hetero) is 2. The van der Waals surface area contributed by atoms with E-state index in [9.17, 15) is 39.9 Å². The Balaban J connectivity index is 2.07. The van der Waals surface area contributed by atoms with Crippen LogP contribution in [0.3, 0.4) is 0 Å². The number of phenolic OH excluding ortho intramolecular Hbond substituents is 1. The minimum atomic E-state index is -2.93. The van der Waals surface area contributed by atoms with E-state index in [1.165, 1.54) is 31.1 Å². The lowest BCUT2D eigenvalue weighted by molar-refractivity contribution is -0.169. The third-order valence-corrected chi connectivity index (χ3v) is 7.16. The fraction of sp³-hybridized carbons (Fsp3) is 0.409. The van der Waals surface area contributed by atoms with Crippen LogP contribution in [0.4, 0.5) is 5.69 Å². The molecule has 6 atom stereocenters. The Morgan fingerprint density at radius 1 is 1.15 bits per heavy atom. The van der Waals surface area contributed by atoms with E-state index in [0.717, 1.165) is 0 Å². The summed E-state index contributed by atoms with van der Waals surface area (Å²) in [6.45, 7) is 1.65. The number of aliphatic hydroxyl groups is 4. The molecule has 0 heterocycles. The average Bonchev–Trinajstić information content (AvgIpc) is 2.72. The van der Waals surface area contributed by atoms with Crippen molar-refractivity contribution < 1.29 is 39.9 Å². The Labute approximate surface area is 188 Å². The minimum absolute atomic E-state index is 0.0679. The molecule has 1 saturated carbocycles. The summed E-state index contributed by atoms with van der Waals surface area (Å²) in [5.41, 5.74) is 6.86. The summed E-state index contributed by atoms with van der Waals surface area (Å²) in [6.07, 6.45) is -1.62. The number of hydrogen-bond donors (Lipinski definition) is 7. The van der Waals surface area contributed by atoms with Gasteiger partial charge in [-0.1, -0.05) is 13.0 Å². The number of phenols is 1. The number of amides is 1. The Kier molecular flexibility index (Phi) is 4.86. The molecule has 1 fully saturated rings.